The fourth-order valence-corrected chi connectivity index (χ4v) is 2.21. The molecule has 0 saturated heterocycles. The molecule has 0 unspecified atom stereocenters. The van der Waals surface area contributed by atoms with Gasteiger partial charge < -0.3 is 11.1 Å². The number of nitrogen functional groups attached to an aromatic ring is 1. The Morgan fingerprint density at radius 1 is 1.29 bits per heavy atom. The first-order chi connectivity index (χ1) is 9.99. The third-order valence-corrected chi connectivity index (χ3v) is 3.66. The minimum absolute atomic E-state index is 0.0338. The molecule has 2 aromatic rings. The Bertz CT molecular complexity index is 704. The van der Waals surface area contributed by atoms with Gasteiger partial charge in [-0.2, -0.15) is 0 Å². The molecule has 0 radical (unpaired) electrons. The van der Waals surface area contributed by atoms with Gasteiger partial charge in [0.1, 0.15) is 5.69 Å². The monoisotopic (exact) mass is 349 g/mol. The molecule has 0 aliphatic heterocycles. The Balaban J connectivity index is 2.09. The minimum atomic E-state index is -0.585. The normalized spacial score (nSPS) is 10.1. The van der Waals surface area contributed by atoms with Gasteiger partial charge in [0.2, 0.25) is 0 Å². The van der Waals surface area contributed by atoms with E-state index >= 15 is 0 Å². The van der Waals surface area contributed by atoms with Crippen LogP contribution in [0.1, 0.15) is 15.9 Å². The molecule has 3 N–H and O–H groups in total. The molecule has 6 nitrogen and oxygen atoms in total. The molecular weight excluding hydrogens is 338 g/mol. The zero-order valence-electron chi connectivity index (χ0n) is 10.9. The predicted octanol–water partition coefficient (Wildman–Crippen LogP) is 2.87. The van der Waals surface area contributed by atoms with Gasteiger partial charge in [-0.1, -0.05) is 34.1 Å². The van der Waals surface area contributed by atoms with E-state index < -0.39 is 4.92 Å². The van der Waals surface area contributed by atoms with E-state index in [1.165, 1.54) is 18.2 Å². The van der Waals surface area contributed by atoms with Gasteiger partial charge in [-0.05, 0) is 23.8 Å². The highest BCUT2D eigenvalue weighted by molar-refractivity contribution is 9.10. The van der Waals surface area contributed by atoms with Crippen molar-refractivity contribution < 1.29 is 9.72 Å². The number of hydrogen-bond acceptors (Lipinski definition) is 4. The molecule has 0 aliphatic rings. The van der Waals surface area contributed by atoms with Crippen LogP contribution in [0, 0.1) is 10.1 Å². The van der Waals surface area contributed by atoms with Crippen LogP contribution < -0.4 is 11.1 Å². The first-order valence-electron chi connectivity index (χ1n) is 6.04. The highest BCUT2D eigenvalue weighted by atomic mass is 79.9. The molecule has 1 amide bonds. The Labute approximate surface area is 129 Å². The number of carbonyl (C=O) groups is 1. The summed E-state index contributed by atoms with van der Waals surface area (Å²) in [6.45, 7) is 0.344. The van der Waals surface area contributed by atoms with E-state index in [9.17, 15) is 14.9 Å². The van der Waals surface area contributed by atoms with Gasteiger partial charge in [-0.15, -0.1) is 0 Å². The topological polar surface area (TPSA) is 98.3 Å². The first-order valence-corrected chi connectivity index (χ1v) is 6.84. The van der Waals surface area contributed by atoms with Crippen LogP contribution in [0.2, 0.25) is 0 Å². The summed E-state index contributed by atoms with van der Waals surface area (Å²) in [5.74, 6) is -0.340. The van der Waals surface area contributed by atoms with Crippen LogP contribution >= 0.6 is 15.9 Å². The molecule has 0 heterocycles. The van der Waals surface area contributed by atoms with E-state index in [0.717, 1.165) is 10.0 Å². The number of nitro groups is 1. The maximum Gasteiger partial charge on any atom is 0.292 e. The number of anilines is 1. The summed E-state index contributed by atoms with van der Waals surface area (Å²) in [5, 5.41) is 13.4. The second kappa shape index (κ2) is 6.36. The standard InChI is InChI=1S/C14H12BrN3O3/c15-11-4-2-1-3-10(11)8-17-14(19)9-5-6-13(18(20)21)12(16)7-9/h1-7H,8,16H2,(H,17,19). The molecule has 0 aliphatic carbocycles. The maximum atomic E-state index is 12.0. The summed E-state index contributed by atoms with van der Waals surface area (Å²) in [7, 11) is 0. The van der Waals surface area contributed by atoms with Crippen molar-refractivity contribution in [2.45, 2.75) is 6.54 Å². The van der Waals surface area contributed by atoms with Crippen LogP contribution in [0.25, 0.3) is 0 Å². The molecule has 7 heteroatoms. The number of amides is 1. The van der Waals surface area contributed by atoms with Gasteiger partial charge in [-0.3, -0.25) is 14.9 Å². The number of hydrogen-bond donors (Lipinski definition) is 2. The highest BCUT2D eigenvalue weighted by Gasteiger charge is 2.14. The van der Waals surface area contributed by atoms with Crippen molar-refractivity contribution in [3.63, 3.8) is 0 Å². The number of nitrogens with zero attached hydrogens (tertiary/aromatic N) is 1. The Kier molecular flexibility index (Phi) is 4.54. The Morgan fingerprint density at radius 2 is 2.00 bits per heavy atom. The van der Waals surface area contributed by atoms with E-state index in [2.05, 4.69) is 21.2 Å². The molecule has 21 heavy (non-hydrogen) atoms. The highest BCUT2D eigenvalue weighted by Crippen LogP contribution is 2.22. The van der Waals surface area contributed by atoms with Crippen LogP contribution in [0.4, 0.5) is 11.4 Å². The molecule has 0 fully saturated rings. The Morgan fingerprint density at radius 3 is 2.62 bits per heavy atom. The van der Waals surface area contributed by atoms with E-state index in [1.54, 1.807) is 0 Å². The molecular formula is C14H12BrN3O3. The second-order valence-electron chi connectivity index (χ2n) is 4.30. The van der Waals surface area contributed by atoms with E-state index in [0.29, 0.717) is 6.54 Å². The van der Waals surface area contributed by atoms with Crippen LogP contribution in [-0.2, 0) is 6.54 Å². The number of nitrogens with one attached hydrogen (secondary N) is 1. The summed E-state index contributed by atoms with van der Waals surface area (Å²) < 4.78 is 0.897. The lowest BCUT2D eigenvalue weighted by atomic mass is 10.1. The van der Waals surface area contributed by atoms with Gasteiger partial charge in [0.25, 0.3) is 11.6 Å². The SMILES string of the molecule is Nc1cc(C(=O)NCc2ccccc2Br)ccc1[N+](=O)[O-]. The quantitative estimate of drug-likeness (QED) is 0.503. The largest absolute Gasteiger partial charge is 0.393 e. The summed E-state index contributed by atoms with van der Waals surface area (Å²) in [6, 6.07) is 11.4. The van der Waals surface area contributed by atoms with Gasteiger partial charge in [0.15, 0.2) is 0 Å². The number of benzene rings is 2. The molecule has 0 atom stereocenters. The third kappa shape index (κ3) is 3.57. The zero-order valence-corrected chi connectivity index (χ0v) is 12.5. The van der Waals surface area contributed by atoms with Crippen molar-refractivity contribution in [2.24, 2.45) is 0 Å². The Hall–Kier alpha value is -2.41. The van der Waals surface area contributed by atoms with Gasteiger partial charge in [0.05, 0.1) is 4.92 Å². The van der Waals surface area contributed by atoms with Gasteiger partial charge in [-0.25, -0.2) is 0 Å². The van der Waals surface area contributed by atoms with Crippen molar-refractivity contribution in [1.82, 2.24) is 5.32 Å². The predicted molar refractivity (Wildman–Crippen MR) is 82.8 cm³/mol. The molecule has 0 saturated carbocycles. The summed E-state index contributed by atoms with van der Waals surface area (Å²) in [4.78, 5) is 22.1. The van der Waals surface area contributed by atoms with Crippen molar-refractivity contribution in [3.05, 3.63) is 68.2 Å². The van der Waals surface area contributed by atoms with E-state index in [4.69, 9.17) is 5.73 Å². The summed E-state index contributed by atoms with van der Waals surface area (Å²) >= 11 is 3.39. The minimum Gasteiger partial charge on any atom is -0.393 e. The zero-order chi connectivity index (χ0) is 15.4. The summed E-state index contributed by atoms with van der Waals surface area (Å²) in [6.07, 6.45) is 0. The summed E-state index contributed by atoms with van der Waals surface area (Å²) in [5.41, 5.74) is 6.53. The average Bonchev–Trinajstić information content (AvgIpc) is 2.45. The number of nitro benzene ring substituents is 1. The molecule has 108 valence electrons. The number of rotatable bonds is 4. The maximum absolute atomic E-state index is 12.0. The van der Waals surface area contributed by atoms with Crippen molar-refractivity contribution >= 4 is 33.2 Å². The van der Waals surface area contributed by atoms with Crippen LogP contribution in [0.15, 0.2) is 46.9 Å². The lowest BCUT2D eigenvalue weighted by molar-refractivity contribution is -0.383. The van der Waals surface area contributed by atoms with Crippen LogP contribution in [0.5, 0.6) is 0 Å². The number of carbonyl (C=O) groups excluding carboxylic acids is 1. The second-order valence-corrected chi connectivity index (χ2v) is 5.16. The number of halogens is 1. The molecule has 0 aromatic heterocycles. The fraction of sp³-hybridized carbons (Fsp3) is 0.0714. The lowest BCUT2D eigenvalue weighted by Crippen LogP contribution is -2.23. The van der Waals surface area contributed by atoms with E-state index in [-0.39, 0.29) is 22.8 Å². The van der Waals surface area contributed by atoms with Gasteiger partial charge >= 0.3 is 0 Å². The average molecular weight is 350 g/mol. The van der Waals surface area contributed by atoms with Crippen molar-refractivity contribution in [3.8, 4) is 0 Å². The number of nitrogens with two attached hydrogens (primary N) is 1. The van der Waals surface area contributed by atoms with Crippen molar-refractivity contribution in [1.29, 1.82) is 0 Å². The van der Waals surface area contributed by atoms with Crippen molar-refractivity contribution in [2.75, 3.05) is 5.73 Å². The fourth-order valence-electron chi connectivity index (χ4n) is 1.78. The van der Waals surface area contributed by atoms with E-state index in [1.807, 2.05) is 24.3 Å². The first kappa shape index (κ1) is 15.0. The smallest absolute Gasteiger partial charge is 0.292 e. The van der Waals surface area contributed by atoms with Crippen LogP contribution in [0.3, 0.4) is 0 Å². The molecule has 0 spiro atoms. The lowest BCUT2D eigenvalue weighted by Gasteiger charge is -2.07. The third-order valence-electron chi connectivity index (χ3n) is 2.88. The molecule has 2 aromatic carbocycles. The van der Waals surface area contributed by atoms with Crippen LogP contribution in [-0.4, -0.2) is 10.8 Å². The van der Waals surface area contributed by atoms with Gasteiger partial charge in [0, 0.05) is 22.6 Å². The molecule has 2 rings (SSSR count). The molecule has 0 bridgehead atoms.